The van der Waals surface area contributed by atoms with Gasteiger partial charge in [-0.25, -0.2) is 0 Å². The zero-order valence-corrected chi connectivity index (χ0v) is 8.35. The molecule has 0 rings (SSSR count). The van der Waals surface area contributed by atoms with Gasteiger partial charge in [-0.2, -0.15) is 0 Å². The van der Waals surface area contributed by atoms with E-state index < -0.39 is 0 Å². The molecule has 3 heteroatoms. The Kier molecular flexibility index (Phi) is 9.82. The van der Waals surface area contributed by atoms with Gasteiger partial charge in [-0.05, 0) is 12.2 Å². The summed E-state index contributed by atoms with van der Waals surface area (Å²) in [5.74, 6) is 0.0162. The van der Waals surface area contributed by atoms with Crippen LogP contribution in [0.5, 0.6) is 0 Å². The average Bonchev–Trinajstić information content (AvgIpc) is 1.68. The average molecular weight is 311 g/mol. The molecule has 0 fully saturated rings. The van der Waals surface area contributed by atoms with Gasteiger partial charge in [0, 0.05) is 0 Å². The summed E-state index contributed by atoms with van der Waals surface area (Å²) in [5, 5.41) is 16.5. The third kappa shape index (κ3) is 6.14. The molecule has 0 radical (unpaired) electrons. The third-order valence-electron chi connectivity index (χ3n) is 0.510. The van der Waals surface area contributed by atoms with E-state index in [0.29, 0.717) is 0 Å². The van der Waals surface area contributed by atoms with Crippen LogP contribution in [0.1, 0.15) is 0 Å². The van der Waals surface area contributed by atoms with Crippen molar-refractivity contribution >= 4 is 26.6 Å². The zero-order valence-electron chi connectivity index (χ0n) is 4.46. The molecule has 0 atom stereocenters. The van der Waals surface area contributed by atoms with Crippen LogP contribution in [-0.2, 0) is 0 Å². The van der Waals surface area contributed by atoms with Gasteiger partial charge >= 0.3 is 26.6 Å². The minimum absolute atomic E-state index is 0. The Labute approximate surface area is 68.0 Å². The number of hydrogen-bond donors (Lipinski definition) is 2. The van der Waals surface area contributed by atoms with Crippen molar-refractivity contribution in [1.82, 2.24) is 0 Å². The van der Waals surface area contributed by atoms with Crippen molar-refractivity contribution in [3.05, 3.63) is 24.5 Å². The van der Waals surface area contributed by atoms with E-state index in [-0.39, 0.29) is 38.9 Å². The van der Waals surface area contributed by atoms with Crippen LogP contribution in [0, 0.1) is 0 Å². The molecule has 48 valence electrons. The van der Waals surface area contributed by atoms with Crippen LogP contribution in [-0.4, -0.2) is 43.4 Å². The Bertz CT molecular complexity index is 88.4. The van der Waals surface area contributed by atoms with E-state index in [1.54, 1.807) is 0 Å². The van der Waals surface area contributed by atoms with E-state index in [9.17, 15) is 0 Å². The van der Waals surface area contributed by atoms with Crippen molar-refractivity contribution < 1.29 is 10.2 Å². The Morgan fingerprint density at radius 2 is 2.12 bits per heavy atom. The standard InChI is InChI=1S/C5H8O2.Po.2H/c1-2-5(7)3-4-6;;;/h2-3,6-7H,1,4H2;;;. The van der Waals surface area contributed by atoms with Crippen molar-refractivity contribution in [2.45, 2.75) is 0 Å². The first-order valence-electron chi connectivity index (χ1n) is 1.93. The maximum atomic E-state index is 8.44. The molecule has 2 nitrogen and oxygen atoms in total. The first kappa shape index (κ1) is 11.0. The molecule has 0 aliphatic heterocycles. The van der Waals surface area contributed by atoms with Crippen LogP contribution in [0.3, 0.4) is 0 Å². The summed E-state index contributed by atoms with van der Waals surface area (Å²) in [5.41, 5.74) is 0. The van der Waals surface area contributed by atoms with Crippen LogP contribution >= 0.6 is 0 Å². The van der Waals surface area contributed by atoms with Gasteiger partial charge in [-0.15, -0.1) is 0 Å². The molecular formula is C5H10O2Po. The Morgan fingerprint density at radius 3 is 2.25 bits per heavy atom. The SMILES string of the molecule is C=CC(O)=CCO.[PoH2]. The van der Waals surface area contributed by atoms with Gasteiger partial charge in [-0.1, -0.05) is 6.58 Å². The summed E-state index contributed by atoms with van der Waals surface area (Å²) >= 11 is 0. The molecule has 0 aromatic heterocycles. The van der Waals surface area contributed by atoms with Crippen molar-refractivity contribution in [1.29, 1.82) is 0 Å². The van der Waals surface area contributed by atoms with Crippen LogP contribution in [0.4, 0.5) is 0 Å². The molecule has 0 saturated heterocycles. The molecule has 0 aromatic rings. The van der Waals surface area contributed by atoms with Crippen LogP contribution in [0.15, 0.2) is 24.5 Å². The van der Waals surface area contributed by atoms with Crippen LogP contribution in [0.25, 0.3) is 0 Å². The van der Waals surface area contributed by atoms with E-state index >= 15 is 0 Å². The molecular weight excluding hydrogens is 301 g/mol. The minimum atomic E-state index is -0.141. The third-order valence-corrected chi connectivity index (χ3v) is 0.510. The fourth-order valence-electron chi connectivity index (χ4n) is 0.177. The van der Waals surface area contributed by atoms with Gasteiger partial charge in [0.15, 0.2) is 0 Å². The van der Waals surface area contributed by atoms with Gasteiger partial charge < -0.3 is 10.2 Å². The second-order valence-corrected chi connectivity index (χ2v) is 1.02. The van der Waals surface area contributed by atoms with Crippen molar-refractivity contribution in [3.8, 4) is 0 Å². The predicted molar refractivity (Wildman–Crippen MR) is 36.5 cm³/mol. The summed E-state index contributed by atoms with van der Waals surface area (Å²) in [4.78, 5) is 0. The summed E-state index contributed by atoms with van der Waals surface area (Å²) in [6, 6.07) is 0. The van der Waals surface area contributed by atoms with Gasteiger partial charge in [0.2, 0.25) is 0 Å². The molecule has 0 aliphatic carbocycles. The number of rotatable bonds is 2. The van der Waals surface area contributed by atoms with Gasteiger partial charge in [0.1, 0.15) is 5.76 Å². The molecule has 0 spiro atoms. The molecule has 0 aliphatic rings. The fourth-order valence-corrected chi connectivity index (χ4v) is 0.177. The van der Waals surface area contributed by atoms with E-state index in [0.717, 1.165) is 0 Å². The van der Waals surface area contributed by atoms with Gasteiger partial charge in [0.25, 0.3) is 0 Å². The number of aliphatic hydroxyl groups excluding tert-OH is 2. The predicted octanol–water partition coefficient (Wildman–Crippen LogP) is -0.310. The second kappa shape index (κ2) is 7.14. The van der Waals surface area contributed by atoms with E-state index in [4.69, 9.17) is 10.2 Å². The van der Waals surface area contributed by atoms with E-state index in [1.165, 1.54) is 12.2 Å². The summed E-state index contributed by atoms with van der Waals surface area (Å²) in [6.07, 6.45) is 2.52. The van der Waals surface area contributed by atoms with E-state index in [1.807, 2.05) is 0 Å². The monoisotopic (exact) mass is 311 g/mol. The molecule has 0 heterocycles. The normalized spacial score (nSPS) is 9.88. The first-order valence-corrected chi connectivity index (χ1v) is 1.93. The zero-order chi connectivity index (χ0) is 5.70. The van der Waals surface area contributed by atoms with E-state index in [2.05, 4.69) is 6.58 Å². The summed E-state index contributed by atoms with van der Waals surface area (Å²) in [6.45, 7) is 3.11. The van der Waals surface area contributed by atoms with Crippen molar-refractivity contribution in [3.63, 3.8) is 0 Å². The number of hydrogen-bond acceptors (Lipinski definition) is 2. The Balaban J connectivity index is 0. The number of allylic oxidation sites excluding steroid dienone is 1. The molecule has 0 aromatic carbocycles. The van der Waals surface area contributed by atoms with Crippen molar-refractivity contribution in [2.24, 2.45) is 0 Å². The molecule has 0 bridgehead atoms. The van der Waals surface area contributed by atoms with Gasteiger partial charge in [-0.3, -0.25) is 0 Å². The summed E-state index contributed by atoms with van der Waals surface area (Å²) < 4.78 is 0. The Hall–Kier alpha value is 0.136. The van der Waals surface area contributed by atoms with Crippen LogP contribution < -0.4 is 0 Å². The molecule has 0 unspecified atom stereocenters. The van der Waals surface area contributed by atoms with Crippen LogP contribution in [0.2, 0.25) is 0 Å². The molecule has 0 saturated carbocycles. The molecule has 2 N–H and O–H groups in total. The summed E-state index contributed by atoms with van der Waals surface area (Å²) in [7, 11) is 0. The molecule has 8 heavy (non-hydrogen) atoms. The topological polar surface area (TPSA) is 40.5 Å². The number of aliphatic hydroxyl groups is 2. The molecule has 0 amide bonds. The quantitative estimate of drug-likeness (QED) is 0.543. The maximum absolute atomic E-state index is 8.44. The second-order valence-electron chi connectivity index (χ2n) is 1.02. The fraction of sp³-hybridized carbons (Fsp3) is 0.200. The van der Waals surface area contributed by atoms with Crippen molar-refractivity contribution in [2.75, 3.05) is 6.61 Å². The first-order chi connectivity index (χ1) is 3.31. The van der Waals surface area contributed by atoms with Gasteiger partial charge in [0.05, 0.1) is 6.61 Å². The Morgan fingerprint density at radius 1 is 1.62 bits per heavy atom.